The Balaban J connectivity index is 2.55. The SMILES string of the molecule is C=C(C)CCc1c(OC)cc(/C=C/c2cccc(OC)n2)c(C(=O)OC)c1O. The summed E-state index contributed by atoms with van der Waals surface area (Å²) >= 11 is 0. The normalized spacial score (nSPS) is 10.7. The molecule has 0 spiro atoms. The number of aromatic nitrogens is 1. The molecule has 0 aliphatic heterocycles. The van der Waals surface area contributed by atoms with Crippen LogP contribution in [0, 0.1) is 0 Å². The van der Waals surface area contributed by atoms with E-state index < -0.39 is 5.97 Å². The molecule has 1 heterocycles. The van der Waals surface area contributed by atoms with Crippen LogP contribution in [0.5, 0.6) is 17.4 Å². The van der Waals surface area contributed by atoms with Crippen molar-refractivity contribution in [3.05, 3.63) is 58.8 Å². The standard InChI is InChI=1S/C22H25NO5/c1-14(2)9-12-17-18(26-3)13-15(20(21(17)24)22(25)28-5)10-11-16-7-6-8-19(23-16)27-4/h6-8,10-11,13,24H,1,9,12H2,2-5H3/b11-10+. The van der Waals surface area contributed by atoms with Gasteiger partial charge in [0.1, 0.15) is 17.1 Å². The van der Waals surface area contributed by atoms with E-state index in [-0.39, 0.29) is 11.3 Å². The number of hydrogen-bond donors (Lipinski definition) is 1. The number of ether oxygens (including phenoxy) is 3. The van der Waals surface area contributed by atoms with E-state index in [0.717, 1.165) is 5.57 Å². The molecule has 0 atom stereocenters. The summed E-state index contributed by atoms with van der Waals surface area (Å²) in [7, 11) is 4.34. The molecule has 1 N–H and O–H groups in total. The van der Waals surface area contributed by atoms with E-state index in [4.69, 9.17) is 14.2 Å². The second kappa shape index (κ2) is 9.60. The summed E-state index contributed by atoms with van der Waals surface area (Å²) in [5.74, 6) is 0.191. The number of carbonyl (C=O) groups excluding carboxylic acids is 1. The van der Waals surface area contributed by atoms with Gasteiger partial charge in [0.25, 0.3) is 0 Å². The van der Waals surface area contributed by atoms with Crippen molar-refractivity contribution in [3.8, 4) is 17.4 Å². The van der Waals surface area contributed by atoms with Gasteiger partial charge in [-0.05, 0) is 43.5 Å². The average molecular weight is 383 g/mol. The van der Waals surface area contributed by atoms with Crippen LogP contribution in [-0.2, 0) is 11.2 Å². The number of benzene rings is 1. The number of phenolic OH excluding ortho intramolecular Hbond substituents is 1. The molecule has 0 bridgehead atoms. The molecule has 0 amide bonds. The Morgan fingerprint density at radius 3 is 2.57 bits per heavy atom. The zero-order valence-electron chi connectivity index (χ0n) is 16.6. The summed E-state index contributed by atoms with van der Waals surface area (Å²) in [6.07, 6.45) is 4.55. The molecule has 0 saturated carbocycles. The molecule has 0 aliphatic carbocycles. The van der Waals surface area contributed by atoms with E-state index >= 15 is 0 Å². The lowest BCUT2D eigenvalue weighted by Crippen LogP contribution is -2.07. The minimum atomic E-state index is -0.630. The van der Waals surface area contributed by atoms with Crippen LogP contribution in [0.3, 0.4) is 0 Å². The predicted octanol–water partition coefficient (Wildman–Crippen LogP) is 4.27. The van der Waals surface area contributed by atoms with E-state index in [1.807, 2.05) is 13.0 Å². The molecular weight excluding hydrogens is 358 g/mol. The Bertz CT molecular complexity index is 902. The van der Waals surface area contributed by atoms with Crippen LogP contribution < -0.4 is 9.47 Å². The second-order valence-corrected chi connectivity index (χ2v) is 6.26. The van der Waals surface area contributed by atoms with Crippen molar-refractivity contribution < 1.29 is 24.1 Å². The molecule has 6 nitrogen and oxygen atoms in total. The van der Waals surface area contributed by atoms with Crippen molar-refractivity contribution in [2.75, 3.05) is 21.3 Å². The first kappa shape index (κ1) is 21.0. The molecular formula is C22H25NO5. The molecule has 0 aliphatic rings. The quantitative estimate of drug-likeness (QED) is 0.542. The third-order valence-corrected chi connectivity index (χ3v) is 4.19. The molecule has 1 aromatic carbocycles. The zero-order chi connectivity index (χ0) is 20.7. The number of esters is 1. The van der Waals surface area contributed by atoms with Crippen LogP contribution in [0.2, 0.25) is 0 Å². The maximum atomic E-state index is 12.3. The van der Waals surface area contributed by atoms with E-state index in [9.17, 15) is 9.90 Å². The third-order valence-electron chi connectivity index (χ3n) is 4.19. The molecule has 0 fully saturated rings. The number of pyridine rings is 1. The number of allylic oxidation sites excluding steroid dienone is 1. The van der Waals surface area contributed by atoms with E-state index in [2.05, 4.69) is 11.6 Å². The third kappa shape index (κ3) is 4.91. The van der Waals surface area contributed by atoms with Gasteiger partial charge in [0.15, 0.2) is 0 Å². The van der Waals surface area contributed by atoms with Gasteiger partial charge in [-0.3, -0.25) is 0 Å². The Kier molecular flexibility index (Phi) is 7.21. The number of rotatable bonds is 8. The number of methoxy groups -OCH3 is 3. The van der Waals surface area contributed by atoms with Gasteiger partial charge in [-0.25, -0.2) is 9.78 Å². The van der Waals surface area contributed by atoms with Gasteiger partial charge in [0.05, 0.1) is 27.0 Å². The maximum absolute atomic E-state index is 12.3. The summed E-state index contributed by atoms with van der Waals surface area (Å²) in [6.45, 7) is 5.79. The summed E-state index contributed by atoms with van der Waals surface area (Å²) in [5, 5.41) is 10.8. The van der Waals surface area contributed by atoms with Gasteiger partial charge < -0.3 is 19.3 Å². The van der Waals surface area contributed by atoms with E-state index in [1.54, 1.807) is 30.4 Å². The Labute approximate surface area is 165 Å². The van der Waals surface area contributed by atoms with Crippen LogP contribution in [0.1, 0.15) is 40.5 Å². The lowest BCUT2D eigenvalue weighted by atomic mass is 9.96. The van der Waals surface area contributed by atoms with Crippen molar-refractivity contribution in [3.63, 3.8) is 0 Å². The Morgan fingerprint density at radius 1 is 1.21 bits per heavy atom. The predicted molar refractivity (Wildman–Crippen MR) is 109 cm³/mol. The van der Waals surface area contributed by atoms with Crippen molar-refractivity contribution in [2.24, 2.45) is 0 Å². The Morgan fingerprint density at radius 2 is 1.96 bits per heavy atom. The molecule has 148 valence electrons. The first-order chi connectivity index (χ1) is 13.4. The lowest BCUT2D eigenvalue weighted by molar-refractivity contribution is 0.0597. The number of hydrogen-bond acceptors (Lipinski definition) is 6. The van der Waals surface area contributed by atoms with Gasteiger partial charge in [-0.2, -0.15) is 0 Å². The minimum absolute atomic E-state index is 0.0826. The maximum Gasteiger partial charge on any atom is 0.342 e. The van der Waals surface area contributed by atoms with Gasteiger partial charge in [-0.1, -0.05) is 17.7 Å². The fourth-order valence-corrected chi connectivity index (χ4v) is 2.73. The molecule has 0 radical (unpaired) electrons. The van der Waals surface area contributed by atoms with Gasteiger partial charge >= 0.3 is 5.97 Å². The topological polar surface area (TPSA) is 77.9 Å². The molecule has 2 aromatic rings. The largest absolute Gasteiger partial charge is 0.507 e. The summed E-state index contributed by atoms with van der Waals surface area (Å²) < 4.78 is 15.4. The van der Waals surface area contributed by atoms with Crippen molar-refractivity contribution in [1.82, 2.24) is 4.98 Å². The monoisotopic (exact) mass is 383 g/mol. The van der Waals surface area contributed by atoms with Gasteiger partial charge in [-0.15, -0.1) is 6.58 Å². The molecule has 0 unspecified atom stereocenters. The molecule has 2 rings (SSSR count). The highest BCUT2D eigenvalue weighted by molar-refractivity contribution is 5.98. The highest BCUT2D eigenvalue weighted by Crippen LogP contribution is 2.37. The first-order valence-corrected chi connectivity index (χ1v) is 8.75. The van der Waals surface area contributed by atoms with E-state index in [1.165, 1.54) is 21.3 Å². The van der Waals surface area contributed by atoms with Crippen LogP contribution in [0.25, 0.3) is 12.2 Å². The van der Waals surface area contributed by atoms with Crippen molar-refractivity contribution in [2.45, 2.75) is 19.8 Å². The molecule has 0 saturated heterocycles. The van der Waals surface area contributed by atoms with Crippen LogP contribution in [0.15, 0.2) is 36.4 Å². The van der Waals surface area contributed by atoms with Gasteiger partial charge in [0.2, 0.25) is 5.88 Å². The minimum Gasteiger partial charge on any atom is -0.507 e. The van der Waals surface area contributed by atoms with Crippen molar-refractivity contribution >= 4 is 18.1 Å². The number of aromatic hydroxyl groups is 1. The lowest BCUT2D eigenvalue weighted by Gasteiger charge is -2.16. The van der Waals surface area contributed by atoms with Crippen molar-refractivity contribution in [1.29, 1.82) is 0 Å². The number of carbonyl (C=O) groups is 1. The number of phenols is 1. The highest BCUT2D eigenvalue weighted by Gasteiger charge is 2.22. The average Bonchev–Trinajstić information content (AvgIpc) is 2.70. The fraction of sp³-hybridized carbons (Fsp3) is 0.273. The van der Waals surface area contributed by atoms with Crippen LogP contribution in [-0.4, -0.2) is 37.4 Å². The molecule has 1 aromatic heterocycles. The second-order valence-electron chi connectivity index (χ2n) is 6.26. The first-order valence-electron chi connectivity index (χ1n) is 8.75. The summed E-state index contributed by atoms with van der Waals surface area (Å²) in [5.41, 5.74) is 2.70. The molecule has 28 heavy (non-hydrogen) atoms. The summed E-state index contributed by atoms with van der Waals surface area (Å²) in [6, 6.07) is 7.06. The van der Waals surface area contributed by atoms with Gasteiger partial charge in [0, 0.05) is 11.6 Å². The van der Waals surface area contributed by atoms with E-state index in [0.29, 0.717) is 41.3 Å². The Hall–Kier alpha value is -3.28. The summed E-state index contributed by atoms with van der Waals surface area (Å²) in [4.78, 5) is 16.7. The zero-order valence-corrected chi connectivity index (χ0v) is 16.6. The van der Waals surface area contributed by atoms with Crippen LogP contribution in [0.4, 0.5) is 0 Å². The smallest absolute Gasteiger partial charge is 0.342 e. The number of nitrogens with zero attached hydrogens (tertiary/aromatic N) is 1. The van der Waals surface area contributed by atoms with Crippen LogP contribution >= 0.6 is 0 Å². The fourth-order valence-electron chi connectivity index (χ4n) is 2.73. The molecule has 6 heteroatoms. The highest BCUT2D eigenvalue weighted by atomic mass is 16.5.